The summed E-state index contributed by atoms with van der Waals surface area (Å²) >= 11 is 0. The lowest BCUT2D eigenvalue weighted by Crippen LogP contribution is -2.41. The van der Waals surface area contributed by atoms with Gasteiger partial charge >= 0.3 is 0 Å². The first-order chi connectivity index (χ1) is 18.0. The van der Waals surface area contributed by atoms with Crippen molar-refractivity contribution in [3.05, 3.63) is 51.9 Å². The lowest BCUT2D eigenvalue weighted by atomic mass is 9.99. The van der Waals surface area contributed by atoms with E-state index in [0.29, 0.717) is 13.1 Å². The third-order valence-electron chi connectivity index (χ3n) is 8.04. The van der Waals surface area contributed by atoms with Crippen LogP contribution >= 0.6 is 0 Å². The number of aryl methyl sites for hydroxylation is 2. The van der Waals surface area contributed by atoms with Gasteiger partial charge in [0.05, 0.1) is 31.0 Å². The molecular weight excluding hydrogens is 468 g/mol. The van der Waals surface area contributed by atoms with Gasteiger partial charge in [-0.2, -0.15) is 5.10 Å². The number of nitrogens with zero attached hydrogens (tertiary/aromatic N) is 6. The number of rotatable bonds is 8. The lowest BCUT2D eigenvalue weighted by molar-refractivity contribution is -0.135. The summed E-state index contributed by atoms with van der Waals surface area (Å²) < 4.78 is 6.81. The number of anilines is 2. The molecule has 200 valence electrons. The minimum Gasteiger partial charge on any atom is -0.379 e. The molecule has 1 unspecified atom stereocenters. The minimum atomic E-state index is -0.130. The Morgan fingerprint density at radius 2 is 1.97 bits per heavy atom. The van der Waals surface area contributed by atoms with Crippen LogP contribution in [0.4, 0.5) is 11.4 Å². The fourth-order valence-electron chi connectivity index (χ4n) is 5.82. The molecule has 1 atom stereocenters. The normalized spacial score (nSPS) is 20.2. The Morgan fingerprint density at radius 3 is 2.78 bits per heavy atom. The van der Waals surface area contributed by atoms with Gasteiger partial charge in [0.25, 0.3) is 5.56 Å². The first-order valence-corrected chi connectivity index (χ1v) is 13.7. The van der Waals surface area contributed by atoms with Gasteiger partial charge in [-0.3, -0.25) is 14.5 Å². The van der Waals surface area contributed by atoms with E-state index in [1.54, 1.807) is 19.3 Å². The van der Waals surface area contributed by atoms with E-state index in [4.69, 9.17) is 4.74 Å². The Bertz CT molecular complexity index is 1140. The number of aromatic nitrogens is 2. The van der Waals surface area contributed by atoms with Gasteiger partial charge < -0.3 is 19.4 Å². The number of carbonyl (C=O) groups excluding carboxylic acids is 1. The molecule has 0 radical (unpaired) electrons. The zero-order valence-corrected chi connectivity index (χ0v) is 22.3. The SMILES string of the molecule is CN1CCCc2cc(CN(CCCN3CCOCC3)C(=O)C3CCN(c4cnn(C)c(=O)c4)C3)ccc21. The molecule has 37 heavy (non-hydrogen) atoms. The largest absolute Gasteiger partial charge is 0.379 e. The van der Waals surface area contributed by atoms with Crippen molar-refractivity contribution in [2.24, 2.45) is 13.0 Å². The molecule has 3 aliphatic rings. The maximum absolute atomic E-state index is 13.8. The van der Waals surface area contributed by atoms with Gasteiger partial charge in [0.15, 0.2) is 0 Å². The molecule has 1 amide bonds. The number of benzene rings is 1. The topological polar surface area (TPSA) is 74.2 Å². The van der Waals surface area contributed by atoms with Gasteiger partial charge in [0.2, 0.25) is 5.91 Å². The van der Waals surface area contributed by atoms with Crippen molar-refractivity contribution in [1.29, 1.82) is 0 Å². The molecule has 1 aromatic carbocycles. The number of morpholine rings is 1. The molecule has 0 bridgehead atoms. The molecule has 3 aliphatic heterocycles. The average Bonchev–Trinajstić information content (AvgIpc) is 3.40. The van der Waals surface area contributed by atoms with E-state index in [-0.39, 0.29) is 17.4 Å². The van der Waals surface area contributed by atoms with Crippen LogP contribution in [0.25, 0.3) is 0 Å². The van der Waals surface area contributed by atoms with E-state index in [0.717, 1.165) is 77.4 Å². The van der Waals surface area contributed by atoms with E-state index in [2.05, 4.69) is 49.9 Å². The van der Waals surface area contributed by atoms with Crippen molar-refractivity contribution in [3.63, 3.8) is 0 Å². The second kappa shape index (κ2) is 11.6. The zero-order valence-electron chi connectivity index (χ0n) is 22.3. The van der Waals surface area contributed by atoms with Crippen molar-refractivity contribution < 1.29 is 9.53 Å². The second-order valence-corrected chi connectivity index (χ2v) is 10.7. The van der Waals surface area contributed by atoms with Crippen molar-refractivity contribution in [2.75, 3.05) is 75.9 Å². The Morgan fingerprint density at radius 1 is 1.14 bits per heavy atom. The molecule has 0 aliphatic carbocycles. The van der Waals surface area contributed by atoms with Crippen molar-refractivity contribution in [3.8, 4) is 0 Å². The zero-order chi connectivity index (χ0) is 25.8. The number of amides is 1. The maximum atomic E-state index is 13.8. The van der Waals surface area contributed by atoms with Crippen molar-refractivity contribution in [1.82, 2.24) is 19.6 Å². The van der Waals surface area contributed by atoms with Gasteiger partial charge in [0.1, 0.15) is 0 Å². The van der Waals surface area contributed by atoms with E-state index < -0.39 is 0 Å². The van der Waals surface area contributed by atoms with Crippen LogP contribution in [0.3, 0.4) is 0 Å². The standard InChI is InChI=1S/C28H40N6O3/c1-30-9-3-5-23-17-22(6-7-26(23)30)20-34(11-4-10-32-13-15-37-16-14-32)28(36)24-8-12-33(21-24)25-18-27(35)31(2)29-19-25/h6-7,17-19,24H,3-5,8-16,20-21H2,1-2H3. The van der Waals surface area contributed by atoms with Crippen LogP contribution in [-0.2, 0) is 29.5 Å². The molecule has 2 fully saturated rings. The first-order valence-electron chi connectivity index (χ1n) is 13.7. The number of hydrogen-bond acceptors (Lipinski definition) is 7. The second-order valence-electron chi connectivity index (χ2n) is 10.7. The predicted molar refractivity (Wildman–Crippen MR) is 145 cm³/mol. The van der Waals surface area contributed by atoms with Gasteiger partial charge in [-0.1, -0.05) is 12.1 Å². The predicted octanol–water partition coefficient (Wildman–Crippen LogP) is 1.74. The van der Waals surface area contributed by atoms with Crippen LogP contribution in [0.2, 0.25) is 0 Å². The summed E-state index contributed by atoms with van der Waals surface area (Å²) in [6.45, 7) is 8.38. The third-order valence-corrected chi connectivity index (χ3v) is 8.04. The Labute approximate surface area is 219 Å². The first kappa shape index (κ1) is 25.7. The summed E-state index contributed by atoms with van der Waals surface area (Å²) in [5.41, 5.74) is 4.58. The highest BCUT2D eigenvalue weighted by atomic mass is 16.5. The molecule has 1 aromatic heterocycles. The van der Waals surface area contributed by atoms with E-state index >= 15 is 0 Å². The summed E-state index contributed by atoms with van der Waals surface area (Å²) in [7, 11) is 3.80. The highest BCUT2D eigenvalue weighted by molar-refractivity contribution is 5.80. The molecule has 0 N–H and O–H groups in total. The Hall–Kier alpha value is -2.91. The average molecular weight is 509 g/mol. The molecule has 9 heteroatoms. The monoisotopic (exact) mass is 508 g/mol. The van der Waals surface area contributed by atoms with Crippen LogP contribution in [-0.4, -0.2) is 91.6 Å². The molecule has 2 saturated heterocycles. The van der Waals surface area contributed by atoms with Crippen LogP contribution < -0.4 is 15.4 Å². The quantitative estimate of drug-likeness (QED) is 0.538. The Kier molecular flexibility index (Phi) is 8.10. The fraction of sp³-hybridized carbons (Fsp3) is 0.607. The molecule has 5 rings (SSSR count). The summed E-state index contributed by atoms with van der Waals surface area (Å²) in [4.78, 5) is 34.9. The minimum absolute atomic E-state index is 0.0730. The van der Waals surface area contributed by atoms with Gasteiger partial charge in [-0.05, 0) is 42.9 Å². The fourth-order valence-corrected chi connectivity index (χ4v) is 5.82. The molecule has 9 nitrogen and oxygen atoms in total. The van der Waals surface area contributed by atoms with Crippen LogP contribution in [0, 0.1) is 5.92 Å². The Balaban J connectivity index is 1.27. The highest BCUT2D eigenvalue weighted by Crippen LogP contribution is 2.28. The van der Waals surface area contributed by atoms with Gasteiger partial charge in [-0.15, -0.1) is 0 Å². The molecule has 0 saturated carbocycles. The molecule has 2 aromatic rings. The smallest absolute Gasteiger partial charge is 0.268 e. The highest BCUT2D eigenvalue weighted by Gasteiger charge is 2.32. The van der Waals surface area contributed by atoms with E-state index in [9.17, 15) is 9.59 Å². The van der Waals surface area contributed by atoms with Gasteiger partial charge in [-0.25, -0.2) is 4.68 Å². The summed E-state index contributed by atoms with van der Waals surface area (Å²) in [6, 6.07) is 8.33. The van der Waals surface area contributed by atoms with Crippen molar-refractivity contribution in [2.45, 2.75) is 32.2 Å². The lowest BCUT2D eigenvalue weighted by Gasteiger charge is -2.31. The number of hydrogen-bond donors (Lipinski definition) is 0. The van der Waals surface area contributed by atoms with E-state index in [1.807, 2.05) is 0 Å². The van der Waals surface area contributed by atoms with E-state index in [1.165, 1.54) is 27.9 Å². The number of ether oxygens (including phenoxy) is 1. The van der Waals surface area contributed by atoms with Crippen molar-refractivity contribution >= 4 is 17.3 Å². The third kappa shape index (κ3) is 6.15. The van der Waals surface area contributed by atoms with Gasteiger partial charge in [0, 0.05) is 78.2 Å². The van der Waals surface area contributed by atoms with Crippen LogP contribution in [0.1, 0.15) is 30.4 Å². The summed E-state index contributed by atoms with van der Waals surface area (Å²) in [5, 5.41) is 4.16. The molecule has 0 spiro atoms. The summed E-state index contributed by atoms with van der Waals surface area (Å²) in [5.74, 6) is 0.146. The van der Waals surface area contributed by atoms with Crippen LogP contribution in [0.5, 0.6) is 0 Å². The van der Waals surface area contributed by atoms with Crippen LogP contribution in [0.15, 0.2) is 35.3 Å². The number of carbonyl (C=O) groups is 1. The maximum Gasteiger partial charge on any atom is 0.268 e. The number of fused-ring (bicyclic) bond motifs is 1. The molecule has 4 heterocycles. The molecular formula is C28H40N6O3. The summed E-state index contributed by atoms with van der Waals surface area (Å²) in [6.07, 6.45) is 5.74.